The standard InChI is InChI=1S/C22H33FN6.C3H6O2/c1-3-25-19(5-7-24)21-20(12-17(23)14-26-21)29-10-8-28(9-11-29)18-4-6-22(13-18)15-27(2)16-22;1-2-5-3-4/h5,7,12,14,18H,3-4,6,8-11,13,15-16,24H2,1-2H3;3H,2H2,1H3/b7-5-,25-19?;. The maximum Gasteiger partial charge on any atom is 0.293 e. The molecule has 2 aliphatic heterocycles. The third-order valence-electron chi connectivity index (χ3n) is 6.95. The van der Waals surface area contributed by atoms with Crippen LogP contribution in [-0.4, -0.2) is 92.5 Å². The molecule has 0 aromatic carbocycles. The highest BCUT2D eigenvalue weighted by Gasteiger charge is 2.48. The molecule has 1 aliphatic carbocycles. The van der Waals surface area contributed by atoms with Crippen LogP contribution in [0.4, 0.5) is 10.1 Å². The molecule has 0 radical (unpaired) electrons. The zero-order valence-corrected chi connectivity index (χ0v) is 20.8. The van der Waals surface area contributed by atoms with Gasteiger partial charge in [-0.25, -0.2) is 9.37 Å². The summed E-state index contributed by atoms with van der Waals surface area (Å²) in [6.07, 6.45) is 8.49. The van der Waals surface area contributed by atoms with E-state index in [1.165, 1.54) is 44.7 Å². The lowest BCUT2D eigenvalue weighted by molar-refractivity contribution is -0.128. The number of rotatable bonds is 7. The lowest BCUT2D eigenvalue weighted by Gasteiger charge is -2.47. The average molecular weight is 475 g/mol. The van der Waals surface area contributed by atoms with Gasteiger partial charge in [-0.05, 0) is 57.8 Å². The van der Waals surface area contributed by atoms with Crippen LogP contribution in [0.25, 0.3) is 0 Å². The summed E-state index contributed by atoms with van der Waals surface area (Å²) >= 11 is 0. The van der Waals surface area contributed by atoms with Gasteiger partial charge in [-0.2, -0.15) is 0 Å². The largest absolute Gasteiger partial charge is 0.468 e. The van der Waals surface area contributed by atoms with Gasteiger partial charge in [0.2, 0.25) is 0 Å². The Balaban J connectivity index is 0.000000588. The van der Waals surface area contributed by atoms with E-state index in [9.17, 15) is 9.18 Å². The van der Waals surface area contributed by atoms with Crippen molar-refractivity contribution >= 4 is 17.9 Å². The zero-order chi connectivity index (χ0) is 24.6. The number of nitrogens with zero attached hydrogens (tertiary/aromatic N) is 5. The van der Waals surface area contributed by atoms with E-state index in [1.807, 2.05) is 6.92 Å². The molecule has 1 unspecified atom stereocenters. The summed E-state index contributed by atoms with van der Waals surface area (Å²) in [5.41, 5.74) is 8.42. The number of aromatic nitrogens is 1. The smallest absolute Gasteiger partial charge is 0.293 e. The Kier molecular flexibility index (Phi) is 9.41. The number of allylic oxidation sites excluding steroid dienone is 1. The second-order valence-corrected chi connectivity index (χ2v) is 9.38. The topological polar surface area (TPSA) is 87.3 Å². The number of halogens is 1. The molecule has 8 nitrogen and oxygen atoms in total. The first-order valence-corrected chi connectivity index (χ1v) is 12.3. The molecule has 0 amide bonds. The third-order valence-corrected chi connectivity index (χ3v) is 6.95. The summed E-state index contributed by atoms with van der Waals surface area (Å²) < 4.78 is 18.2. The maximum absolute atomic E-state index is 14.0. The number of likely N-dealkylation sites (tertiary alicyclic amines) is 1. The van der Waals surface area contributed by atoms with Crippen LogP contribution in [0.5, 0.6) is 0 Å². The van der Waals surface area contributed by atoms with E-state index in [4.69, 9.17) is 5.73 Å². The average Bonchev–Trinajstić information content (AvgIpc) is 3.25. The van der Waals surface area contributed by atoms with Gasteiger partial charge in [-0.1, -0.05) is 0 Å². The monoisotopic (exact) mass is 474 g/mol. The zero-order valence-electron chi connectivity index (χ0n) is 20.8. The Morgan fingerprint density at radius 3 is 2.62 bits per heavy atom. The molecule has 4 rings (SSSR count). The van der Waals surface area contributed by atoms with Crippen LogP contribution in [0.3, 0.4) is 0 Å². The molecule has 34 heavy (non-hydrogen) atoms. The fourth-order valence-electron chi connectivity index (χ4n) is 5.61. The van der Waals surface area contributed by atoms with Crippen LogP contribution < -0.4 is 10.6 Å². The number of hydrogen-bond acceptors (Lipinski definition) is 8. The summed E-state index contributed by atoms with van der Waals surface area (Å²) in [6, 6.07) is 2.29. The highest BCUT2D eigenvalue weighted by atomic mass is 19.1. The molecule has 1 aromatic heterocycles. The van der Waals surface area contributed by atoms with Crippen molar-refractivity contribution in [2.45, 2.75) is 39.2 Å². The highest BCUT2D eigenvalue weighted by Crippen LogP contribution is 2.46. The summed E-state index contributed by atoms with van der Waals surface area (Å²) in [5.74, 6) is -0.314. The van der Waals surface area contributed by atoms with Crippen LogP contribution in [-0.2, 0) is 9.53 Å². The van der Waals surface area contributed by atoms with E-state index in [-0.39, 0.29) is 5.82 Å². The molecule has 3 heterocycles. The predicted octanol–water partition coefficient (Wildman–Crippen LogP) is 2.29. The van der Waals surface area contributed by atoms with Crippen molar-refractivity contribution in [3.63, 3.8) is 0 Å². The number of carbonyl (C=O) groups excluding carboxylic acids is 1. The molecule has 1 saturated carbocycles. The fourth-order valence-corrected chi connectivity index (χ4v) is 5.61. The summed E-state index contributed by atoms with van der Waals surface area (Å²) in [5, 5.41) is 0. The van der Waals surface area contributed by atoms with E-state index in [0.717, 1.165) is 31.9 Å². The second kappa shape index (κ2) is 12.3. The molecular weight excluding hydrogens is 435 g/mol. The van der Waals surface area contributed by atoms with Gasteiger partial charge in [-0.3, -0.25) is 14.7 Å². The van der Waals surface area contributed by atoms with E-state index in [0.29, 0.717) is 42.5 Å². The number of nitrogens with two attached hydrogens (primary N) is 1. The summed E-state index contributed by atoms with van der Waals surface area (Å²) in [6.45, 7) is 11.6. The van der Waals surface area contributed by atoms with Crippen LogP contribution in [0.1, 0.15) is 38.8 Å². The first kappa shape index (κ1) is 26.1. The van der Waals surface area contributed by atoms with Crippen molar-refractivity contribution in [2.75, 3.05) is 64.4 Å². The third kappa shape index (κ3) is 6.33. The van der Waals surface area contributed by atoms with Crippen molar-refractivity contribution in [1.29, 1.82) is 0 Å². The minimum absolute atomic E-state index is 0.314. The first-order valence-electron chi connectivity index (χ1n) is 12.3. The normalized spacial score (nSPS) is 23.0. The molecule has 2 N–H and O–H groups in total. The van der Waals surface area contributed by atoms with E-state index in [2.05, 4.69) is 36.5 Å². The van der Waals surface area contributed by atoms with Gasteiger partial charge in [0.1, 0.15) is 11.5 Å². The van der Waals surface area contributed by atoms with Gasteiger partial charge in [0, 0.05) is 57.9 Å². The minimum atomic E-state index is -0.314. The second-order valence-electron chi connectivity index (χ2n) is 9.38. The van der Waals surface area contributed by atoms with Gasteiger partial charge in [0.05, 0.1) is 24.2 Å². The number of ether oxygens (including phenoxy) is 1. The molecular formula is C25H39FN6O2. The fraction of sp³-hybridized carbons (Fsp3) is 0.640. The summed E-state index contributed by atoms with van der Waals surface area (Å²) in [7, 11) is 2.22. The minimum Gasteiger partial charge on any atom is -0.468 e. The quantitative estimate of drug-likeness (QED) is 0.479. The lowest BCUT2D eigenvalue weighted by Crippen LogP contribution is -2.54. The van der Waals surface area contributed by atoms with Crippen molar-refractivity contribution in [3.05, 3.63) is 36.1 Å². The van der Waals surface area contributed by atoms with E-state index in [1.54, 1.807) is 19.1 Å². The predicted molar refractivity (Wildman–Crippen MR) is 134 cm³/mol. The highest BCUT2D eigenvalue weighted by molar-refractivity contribution is 6.10. The van der Waals surface area contributed by atoms with Gasteiger partial charge in [0.25, 0.3) is 6.47 Å². The lowest BCUT2D eigenvalue weighted by atomic mass is 9.78. The number of pyridine rings is 1. The molecule has 1 aromatic rings. The Bertz CT molecular complexity index is 863. The molecule has 0 bridgehead atoms. The molecule has 9 heteroatoms. The number of piperazine rings is 1. The SMILES string of the molecule is CCN=C(/C=C\N)c1ncc(F)cc1N1CCN(C2CCC3(C2)CN(C)C3)CC1.CCOC=O. The summed E-state index contributed by atoms with van der Waals surface area (Å²) in [4.78, 5) is 25.4. The molecule has 3 fully saturated rings. The Morgan fingerprint density at radius 2 is 2.06 bits per heavy atom. The van der Waals surface area contributed by atoms with Gasteiger partial charge in [-0.15, -0.1) is 0 Å². The van der Waals surface area contributed by atoms with Crippen LogP contribution >= 0.6 is 0 Å². The molecule has 3 aliphatic rings. The molecule has 188 valence electrons. The van der Waals surface area contributed by atoms with Crippen LogP contribution in [0.15, 0.2) is 29.5 Å². The number of aliphatic imine (C=N–C) groups is 1. The van der Waals surface area contributed by atoms with Crippen molar-refractivity contribution in [1.82, 2.24) is 14.8 Å². The maximum atomic E-state index is 14.0. The molecule has 1 spiro atoms. The number of carbonyl (C=O) groups is 1. The van der Waals surface area contributed by atoms with Crippen molar-refractivity contribution in [3.8, 4) is 0 Å². The molecule has 1 atom stereocenters. The van der Waals surface area contributed by atoms with Crippen LogP contribution in [0.2, 0.25) is 0 Å². The number of hydrogen-bond donors (Lipinski definition) is 1. The van der Waals surface area contributed by atoms with E-state index < -0.39 is 0 Å². The Labute approximate surface area is 202 Å². The van der Waals surface area contributed by atoms with Gasteiger partial charge in [0.15, 0.2) is 0 Å². The van der Waals surface area contributed by atoms with E-state index >= 15 is 0 Å². The van der Waals surface area contributed by atoms with Crippen LogP contribution in [0, 0.1) is 11.2 Å². The Hall–Kier alpha value is -2.52. The van der Waals surface area contributed by atoms with Crippen molar-refractivity contribution < 1.29 is 13.9 Å². The van der Waals surface area contributed by atoms with Gasteiger partial charge < -0.3 is 20.3 Å². The molecule has 2 saturated heterocycles. The Morgan fingerprint density at radius 1 is 1.32 bits per heavy atom. The van der Waals surface area contributed by atoms with Gasteiger partial charge >= 0.3 is 0 Å². The first-order chi connectivity index (χ1) is 16.4. The number of anilines is 1. The van der Waals surface area contributed by atoms with Crippen molar-refractivity contribution in [2.24, 2.45) is 16.1 Å².